The van der Waals surface area contributed by atoms with Gasteiger partial charge in [0.2, 0.25) is 0 Å². The number of aromatic hydroxyl groups is 1. The van der Waals surface area contributed by atoms with Crippen LogP contribution in [0.15, 0.2) is 71.2 Å². The predicted octanol–water partition coefficient (Wildman–Crippen LogP) is 13.7. The highest BCUT2D eigenvalue weighted by molar-refractivity contribution is 9.10. The lowest BCUT2D eigenvalue weighted by Crippen LogP contribution is -2.41. The minimum Gasteiger partial charge on any atom is -0.508 e. The molecule has 7 rings (SSSR count). The second kappa shape index (κ2) is 16.4. The van der Waals surface area contributed by atoms with Gasteiger partial charge in [0.1, 0.15) is 39.8 Å². The number of carboxylic acids is 1. The molecule has 7 heteroatoms. The van der Waals surface area contributed by atoms with Crippen LogP contribution in [-0.4, -0.2) is 33.0 Å². The molecule has 3 heterocycles. The second-order valence-corrected chi connectivity index (χ2v) is 21.0. The van der Waals surface area contributed by atoms with Gasteiger partial charge in [-0.1, -0.05) is 93.9 Å². The maximum absolute atomic E-state index is 11.1. The lowest BCUT2D eigenvalue weighted by molar-refractivity contribution is 0.0517. The predicted molar refractivity (Wildman–Crippen MR) is 238 cm³/mol. The van der Waals surface area contributed by atoms with E-state index in [2.05, 4.69) is 143 Å². The number of benzene rings is 4. The minimum atomic E-state index is -0.887. The zero-order chi connectivity index (χ0) is 43.1. The van der Waals surface area contributed by atoms with Gasteiger partial charge in [-0.3, -0.25) is 0 Å². The Labute approximate surface area is 351 Å². The van der Waals surface area contributed by atoms with Crippen molar-refractivity contribution in [3.63, 3.8) is 0 Å². The van der Waals surface area contributed by atoms with E-state index in [-0.39, 0.29) is 33.0 Å². The highest BCUT2D eigenvalue weighted by atomic mass is 79.9. The number of rotatable bonds is 1. The third-order valence-corrected chi connectivity index (χ3v) is 11.5. The molecule has 0 fully saturated rings. The number of para-hydroxylation sites is 2. The summed E-state index contributed by atoms with van der Waals surface area (Å²) in [6, 6.07) is 21.4. The van der Waals surface area contributed by atoms with Gasteiger partial charge in [-0.2, -0.15) is 0 Å². The Kier molecular flexibility index (Phi) is 13.1. The van der Waals surface area contributed by atoms with Crippen molar-refractivity contribution in [2.24, 2.45) is 0 Å². The second-order valence-electron chi connectivity index (χ2n) is 20.1. The van der Waals surface area contributed by atoms with Gasteiger partial charge in [0.05, 0.1) is 5.56 Å². The lowest BCUT2D eigenvalue weighted by Gasteiger charge is -2.43. The Morgan fingerprint density at radius 2 is 0.930 bits per heavy atom. The largest absolute Gasteiger partial charge is 0.508 e. The third-order valence-electron chi connectivity index (χ3n) is 11.0. The number of phenolic OH excluding ortho intramolecular Hbond substituents is 1. The van der Waals surface area contributed by atoms with Gasteiger partial charge < -0.3 is 24.4 Å². The molecule has 0 saturated heterocycles. The number of aryl methyl sites for hydroxylation is 4. The van der Waals surface area contributed by atoms with E-state index in [0.717, 1.165) is 57.7 Å². The van der Waals surface area contributed by atoms with Crippen LogP contribution in [0.1, 0.15) is 152 Å². The molecule has 57 heavy (non-hydrogen) atoms. The molecule has 310 valence electrons. The van der Waals surface area contributed by atoms with E-state index in [4.69, 9.17) is 24.4 Å². The van der Waals surface area contributed by atoms with Gasteiger partial charge in [0.15, 0.2) is 0 Å². The lowest BCUT2D eigenvalue weighted by atomic mass is 9.73. The van der Waals surface area contributed by atoms with E-state index in [1.165, 1.54) is 22.3 Å². The first-order valence-electron chi connectivity index (χ1n) is 20.1. The molecule has 2 N–H and O–H groups in total. The summed E-state index contributed by atoms with van der Waals surface area (Å²) >= 11 is 3.57. The topological polar surface area (TPSA) is 85.2 Å². The highest BCUT2D eigenvalue weighted by Gasteiger charge is 2.42. The first-order valence-corrected chi connectivity index (χ1v) is 20.9. The molecule has 6 nitrogen and oxygen atoms in total. The van der Waals surface area contributed by atoms with E-state index < -0.39 is 5.97 Å². The summed E-state index contributed by atoms with van der Waals surface area (Å²) in [4.78, 5) is 11.1. The third kappa shape index (κ3) is 11.2. The number of phenols is 1. The van der Waals surface area contributed by atoms with E-state index in [1.54, 1.807) is 18.2 Å². The molecule has 0 radical (unpaired) electrons. The first-order chi connectivity index (χ1) is 26.0. The number of carbonyl (C=O) groups is 1. The Balaban J connectivity index is 0.000000174. The average molecular weight is 844 g/mol. The molecule has 3 aliphatic heterocycles. The molecule has 0 saturated carbocycles. The zero-order valence-corrected chi connectivity index (χ0v) is 39.0. The van der Waals surface area contributed by atoms with Crippen molar-refractivity contribution in [2.45, 2.75) is 163 Å². The highest BCUT2D eigenvalue weighted by Crippen LogP contribution is 2.49. The number of fused-ring (bicyclic) bond motifs is 3. The normalized spacial score (nSPS) is 19.2. The van der Waals surface area contributed by atoms with Crippen molar-refractivity contribution >= 4 is 21.9 Å². The van der Waals surface area contributed by atoms with Gasteiger partial charge in [-0.15, -0.1) is 0 Å². The van der Waals surface area contributed by atoms with Gasteiger partial charge in [0.25, 0.3) is 0 Å². The fourth-order valence-electron chi connectivity index (χ4n) is 9.20. The van der Waals surface area contributed by atoms with Crippen molar-refractivity contribution in [1.82, 2.24) is 0 Å². The molecule has 3 aliphatic rings. The van der Waals surface area contributed by atoms with Crippen LogP contribution in [0.3, 0.4) is 0 Å². The van der Waals surface area contributed by atoms with Crippen LogP contribution in [-0.2, 0) is 16.2 Å². The van der Waals surface area contributed by atoms with Crippen LogP contribution in [0.5, 0.6) is 23.0 Å². The number of halogens is 1. The molecule has 0 spiro atoms. The van der Waals surface area contributed by atoms with Gasteiger partial charge in [0, 0.05) is 21.2 Å². The minimum absolute atomic E-state index is 0.0530. The van der Waals surface area contributed by atoms with Crippen molar-refractivity contribution < 1.29 is 29.2 Å². The summed E-state index contributed by atoms with van der Waals surface area (Å²) in [6.07, 6.45) is 2.98. The Morgan fingerprint density at radius 3 is 1.37 bits per heavy atom. The quantitative estimate of drug-likeness (QED) is 0.199. The van der Waals surface area contributed by atoms with Crippen LogP contribution in [0.4, 0.5) is 0 Å². The Bertz CT molecular complexity index is 2080. The van der Waals surface area contributed by atoms with Gasteiger partial charge in [-0.05, 0) is 157 Å². The van der Waals surface area contributed by atoms with E-state index in [0.29, 0.717) is 11.3 Å². The molecular formula is C50H67BrO6. The van der Waals surface area contributed by atoms with Crippen LogP contribution in [0, 0.1) is 27.7 Å². The number of ether oxygens (including phenoxy) is 3. The SMILES string of the molecule is Cc1cc(Br)cc2c1OC(C)(C)CC2(C)C.Cc1cc(C(=O)O)cc2c1OC(C)(C)CC2(C)C.Cc1cccc2c1OC(C)(C)CC2(C)C.Cc1ccccc1O. The van der Waals surface area contributed by atoms with Crippen molar-refractivity contribution in [3.8, 4) is 23.0 Å². The summed E-state index contributed by atoms with van der Waals surface area (Å²) in [5, 5.41) is 18.1. The van der Waals surface area contributed by atoms with Crippen LogP contribution >= 0.6 is 15.9 Å². The molecule has 4 aromatic carbocycles. The maximum atomic E-state index is 11.1. The number of carboxylic acid groups (broad SMARTS) is 1. The molecule has 0 bridgehead atoms. The van der Waals surface area contributed by atoms with Crippen molar-refractivity contribution in [2.75, 3.05) is 0 Å². The monoisotopic (exact) mass is 842 g/mol. The molecule has 0 aliphatic carbocycles. The molecule has 0 amide bonds. The van der Waals surface area contributed by atoms with Crippen molar-refractivity contribution in [3.05, 3.63) is 116 Å². The summed E-state index contributed by atoms with van der Waals surface area (Å²) in [5.74, 6) is 2.50. The number of hydrogen-bond donors (Lipinski definition) is 2. The summed E-state index contributed by atoms with van der Waals surface area (Å²) in [6.45, 7) is 34.3. The fourth-order valence-corrected chi connectivity index (χ4v) is 9.78. The van der Waals surface area contributed by atoms with E-state index in [1.807, 2.05) is 32.0 Å². The van der Waals surface area contributed by atoms with Crippen molar-refractivity contribution in [1.29, 1.82) is 0 Å². The summed E-state index contributed by atoms with van der Waals surface area (Å²) < 4.78 is 19.4. The standard InChI is InChI=1S/C15H20O3.C14H19BrO.C14H20O.C7H8O/c1-9-6-10(13(16)17)7-11-12(9)18-15(4,5)8-14(11,2)3;1-9-6-10(15)7-11-12(9)16-14(4,5)8-13(11,2)3;1-10-7-6-8-11-12(10)15-14(4,5)9-13(11,2)3;1-6-4-2-3-5-7(6)8/h6-7H,8H2,1-5H3,(H,16,17);6-7H,8H2,1-5H3;6-8H,9H2,1-5H3;2-5,8H,1H3. The molecular weight excluding hydrogens is 776 g/mol. The number of hydrogen-bond acceptors (Lipinski definition) is 5. The van der Waals surface area contributed by atoms with Crippen LogP contribution in [0.25, 0.3) is 0 Å². The average Bonchev–Trinajstić information content (AvgIpc) is 3.03. The zero-order valence-electron chi connectivity index (χ0n) is 37.4. The van der Waals surface area contributed by atoms with Gasteiger partial charge >= 0.3 is 5.97 Å². The smallest absolute Gasteiger partial charge is 0.335 e. The maximum Gasteiger partial charge on any atom is 0.335 e. The summed E-state index contributed by atoms with van der Waals surface area (Å²) in [5.41, 5.74) is 8.24. The van der Waals surface area contributed by atoms with Crippen LogP contribution < -0.4 is 14.2 Å². The van der Waals surface area contributed by atoms with Gasteiger partial charge in [-0.25, -0.2) is 4.79 Å². The molecule has 0 atom stereocenters. The van der Waals surface area contributed by atoms with E-state index >= 15 is 0 Å². The first kappa shape index (κ1) is 45.7. The molecule has 0 unspecified atom stereocenters. The Morgan fingerprint density at radius 1 is 0.526 bits per heavy atom. The van der Waals surface area contributed by atoms with E-state index in [9.17, 15) is 4.79 Å². The molecule has 4 aromatic rings. The Hall–Kier alpha value is -3.97. The fraction of sp³-hybridized carbons (Fsp3) is 0.500. The molecule has 0 aromatic heterocycles. The van der Waals surface area contributed by atoms with Crippen LogP contribution in [0.2, 0.25) is 0 Å². The number of aromatic carboxylic acids is 1. The summed E-state index contributed by atoms with van der Waals surface area (Å²) in [7, 11) is 0.